The monoisotopic (exact) mass is 253 g/mol. The molecular weight excluding hydrogens is 238 g/mol. The molecule has 5 nitrogen and oxygen atoms in total. The number of rotatable bonds is 2. The van der Waals surface area contributed by atoms with Crippen molar-refractivity contribution in [1.82, 2.24) is 20.2 Å². The Kier molecular flexibility index (Phi) is 2.67. The van der Waals surface area contributed by atoms with Crippen molar-refractivity contribution in [2.45, 2.75) is 13.8 Å². The molecule has 0 bridgehead atoms. The lowest BCUT2D eigenvalue weighted by Gasteiger charge is -2.05. The van der Waals surface area contributed by atoms with Gasteiger partial charge in [-0.15, -0.1) is 10.2 Å². The van der Waals surface area contributed by atoms with Crippen LogP contribution in [0.25, 0.3) is 22.3 Å². The zero-order valence-corrected chi connectivity index (χ0v) is 11.2. The minimum atomic E-state index is 0.808. The summed E-state index contributed by atoms with van der Waals surface area (Å²) >= 11 is 0. The van der Waals surface area contributed by atoms with Crippen LogP contribution in [0, 0.1) is 13.8 Å². The first-order valence-electron chi connectivity index (χ1n) is 6.16. The molecule has 5 heteroatoms. The zero-order chi connectivity index (χ0) is 13.4. The Labute approximate surface area is 111 Å². The molecule has 1 aromatic carbocycles. The molecule has 0 amide bonds. The van der Waals surface area contributed by atoms with E-state index in [0.29, 0.717) is 0 Å². The Morgan fingerprint density at radius 1 is 1.11 bits per heavy atom. The average Bonchev–Trinajstić information content (AvgIpc) is 2.77. The van der Waals surface area contributed by atoms with Gasteiger partial charge in [-0.05, 0) is 37.6 Å². The number of aromatic nitrogens is 4. The van der Waals surface area contributed by atoms with Gasteiger partial charge in [0, 0.05) is 12.6 Å². The molecule has 96 valence electrons. The molecule has 0 radical (unpaired) electrons. The van der Waals surface area contributed by atoms with Crippen LogP contribution in [0.2, 0.25) is 0 Å². The van der Waals surface area contributed by atoms with Gasteiger partial charge < -0.3 is 10.3 Å². The first-order chi connectivity index (χ1) is 9.17. The summed E-state index contributed by atoms with van der Waals surface area (Å²) in [4.78, 5) is 7.63. The average molecular weight is 253 g/mol. The van der Waals surface area contributed by atoms with Gasteiger partial charge in [-0.1, -0.05) is 6.07 Å². The molecule has 0 saturated carbocycles. The molecule has 0 saturated heterocycles. The molecule has 3 rings (SSSR count). The topological polar surface area (TPSA) is 66.5 Å². The van der Waals surface area contributed by atoms with Gasteiger partial charge >= 0.3 is 0 Å². The van der Waals surface area contributed by atoms with Crippen LogP contribution in [0.4, 0.5) is 5.82 Å². The molecule has 2 heterocycles. The third-order valence-electron chi connectivity index (χ3n) is 3.12. The number of hydrogen-bond acceptors (Lipinski definition) is 4. The van der Waals surface area contributed by atoms with Gasteiger partial charge in [0.25, 0.3) is 0 Å². The van der Waals surface area contributed by atoms with E-state index in [1.165, 1.54) is 0 Å². The van der Waals surface area contributed by atoms with Gasteiger partial charge in [0.05, 0.1) is 16.7 Å². The number of imidazole rings is 1. The second kappa shape index (κ2) is 4.35. The lowest BCUT2D eigenvalue weighted by atomic mass is 10.1. The highest BCUT2D eigenvalue weighted by Gasteiger charge is 2.06. The Hall–Kier alpha value is -2.43. The van der Waals surface area contributed by atoms with Crippen molar-refractivity contribution in [3.63, 3.8) is 0 Å². The summed E-state index contributed by atoms with van der Waals surface area (Å²) in [5, 5.41) is 11.4. The molecule has 0 aliphatic carbocycles. The van der Waals surface area contributed by atoms with E-state index in [2.05, 4.69) is 31.5 Å². The number of aryl methyl sites for hydroxylation is 2. The lowest BCUT2D eigenvalue weighted by molar-refractivity contribution is 1.02. The highest BCUT2D eigenvalue weighted by molar-refractivity contribution is 5.81. The Morgan fingerprint density at radius 2 is 1.95 bits per heavy atom. The second-order valence-electron chi connectivity index (χ2n) is 4.57. The van der Waals surface area contributed by atoms with Gasteiger partial charge in [-0.2, -0.15) is 0 Å². The van der Waals surface area contributed by atoms with Crippen LogP contribution < -0.4 is 5.32 Å². The molecule has 19 heavy (non-hydrogen) atoms. The SMILES string of the molecule is CNc1nnc(-c2ccc3nc(C)[nH]c3c2)cc1C. The normalized spacial score (nSPS) is 10.9. The third kappa shape index (κ3) is 2.03. The molecule has 2 aromatic heterocycles. The summed E-state index contributed by atoms with van der Waals surface area (Å²) in [6, 6.07) is 8.10. The van der Waals surface area contributed by atoms with Crippen LogP contribution >= 0.6 is 0 Å². The molecule has 3 aromatic rings. The summed E-state index contributed by atoms with van der Waals surface area (Å²) in [7, 11) is 1.84. The minimum absolute atomic E-state index is 0.808. The molecule has 0 fully saturated rings. The van der Waals surface area contributed by atoms with Gasteiger partial charge in [-0.25, -0.2) is 4.98 Å². The third-order valence-corrected chi connectivity index (χ3v) is 3.12. The van der Waals surface area contributed by atoms with Crippen molar-refractivity contribution in [2.75, 3.05) is 12.4 Å². The van der Waals surface area contributed by atoms with E-state index in [0.717, 1.165) is 39.5 Å². The maximum absolute atomic E-state index is 4.39. The number of nitrogens with zero attached hydrogens (tertiary/aromatic N) is 3. The molecule has 0 aliphatic rings. The second-order valence-corrected chi connectivity index (χ2v) is 4.57. The predicted molar refractivity (Wildman–Crippen MR) is 76.1 cm³/mol. The van der Waals surface area contributed by atoms with E-state index in [4.69, 9.17) is 0 Å². The fraction of sp³-hybridized carbons (Fsp3) is 0.214. The molecule has 0 unspecified atom stereocenters. The van der Waals surface area contributed by atoms with Crippen LogP contribution in [0.5, 0.6) is 0 Å². The van der Waals surface area contributed by atoms with E-state index in [1.807, 2.05) is 39.1 Å². The van der Waals surface area contributed by atoms with Crippen LogP contribution in [0.3, 0.4) is 0 Å². The number of anilines is 1. The van der Waals surface area contributed by atoms with Crippen LogP contribution in [-0.4, -0.2) is 27.2 Å². The maximum atomic E-state index is 4.39. The molecule has 0 aliphatic heterocycles. The smallest absolute Gasteiger partial charge is 0.151 e. The lowest BCUT2D eigenvalue weighted by Crippen LogP contribution is -1.98. The van der Waals surface area contributed by atoms with Gasteiger partial charge in [0.1, 0.15) is 5.82 Å². The van der Waals surface area contributed by atoms with Crippen molar-refractivity contribution in [3.8, 4) is 11.3 Å². The Balaban J connectivity index is 2.10. The van der Waals surface area contributed by atoms with Crippen LogP contribution in [-0.2, 0) is 0 Å². The van der Waals surface area contributed by atoms with Crippen LogP contribution in [0.1, 0.15) is 11.4 Å². The fourth-order valence-corrected chi connectivity index (χ4v) is 2.17. The van der Waals surface area contributed by atoms with E-state index in [-0.39, 0.29) is 0 Å². The first-order valence-corrected chi connectivity index (χ1v) is 6.16. The number of fused-ring (bicyclic) bond motifs is 1. The first kappa shape index (κ1) is 11.6. The van der Waals surface area contributed by atoms with Crippen molar-refractivity contribution >= 4 is 16.9 Å². The fourth-order valence-electron chi connectivity index (χ4n) is 2.17. The summed E-state index contributed by atoms with van der Waals surface area (Å²) in [6.45, 7) is 3.97. The van der Waals surface area contributed by atoms with Gasteiger partial charge in [0.15, 0.2) is 5.82 Å². The standard InChI is InChI=1S/C14H15N5/c1-8-6-12(18-19-14(8)15-3)10-4-5-11-13(7-10)17-9(2)16-11/h4-7H,1-3H3,(H,15,19)(H,16,17). The van der Waals surface area contributed by atoms with E-state index < -0.39 is 0 Å². The summed E-state index contributed by atoms with van der Waals surface area (Å²) < 4.78 is 0. The highest BCUT2D eigenvalue weighted by Crippen LogP contribution is 2.23. The number of aromatic amines is 1. The summed E-state index contributed by atoms with van der Waals surface area (Å²) in [5.74, 6) is 1.72. The van der Waals surface area contributed by atoms with Crippen LogP contribution in [0.15, 0.2) is 24.3 Å². The van der Waals surface area contributed by atoms with Crippen molar-refractivity contribution < 1.29 is 0 Å². The quantitative estimate of drug-likeness (QED) is 0.737. The van der Waals surface area contributed by atoms with Crippen molar-refractivity contribution in [1.29, 1.82) is 0 Å². The van der Waals surface area contributed by atoms with Gasteiger partial charge in [-0.3, -0.25) is 0 Å². The maximum Gasteiger partial charge on any atom is 0.151 e. The Morgan fingerprint density at radius 3 is 2.68 bits per heavy atom. The number of nitrogens with one attached hydrogen (secondary N) is 2. The molecule has 0 spiro atoms. The molecule has 2 N–H and O–H groups in total. The van der Waals surface area contributed by atoms with E-state index >= 15 is 0 Å². The van der Waals surface area contributed by atoms with Crippen molar-refractivity contribution in [3.05, 3.63) is 35.7 Å². The number of hydrogen-bond donors (Lipinski definition) is 2. The summed E-state index contributed by atoms with van der Waals surface area (Å²) in [6.07, 6.45) is 0. The van der Waals surface area contributed by atoms with E-state index in [1.54, 1.807) is 0 Å². The molecule has 0 atom stereocenters. The largest absolute Gasteiger partial charge is 0.371 e. The predicted octanol–water partition coefficient (Wildman–Crippen LogP) is 2.68. The zero-order valence-electron chi connectivity index (χ0n) is 11.2. The summed E-state index contributed by atoms with van der Waals surface area (Å²) in [5.41, 5.74) is 4.97. The van der Waals surface area contributed by atoms with E-state index in [9.17, 15) is 0 Å². The van der Waals surface area contributed by atoms with Crippen molar-refractivity contribution in [2.24, 2.45) is 0 Å². The highest BCUT2D eigenvalue weighted by atomic mass is 15.2. The number of benzene rings is 1. The number of H-pyrrole nitrogens is 1. The molecular formula is C14H15N5. The Bertz CT molecular complexity index is 745. The minimum Gasteiger partial charge on any atom is -0.371 e. The van der Waals surface area contributed by atoms with Gasteiger partial charge in [0.2, 0.25) is 0 Å².